The Labute approximate surface area is 70.2 Å². The van der Waals surface area contributed by atoms with Crippen LogP contribution in [0.1, 0.15) is 25.0 Å². The lowest BCUT2D eigenvalue weighted by molar-refractivity contribution is 0.599. The summed E-state index contributed by atoms with van der Waals surface area (Å²) >= 11 is 0. The summed E-state index contributed by atoms with van der Waals surface area (Å²) in [6.07, 6.45) is 4.38. The van der Waals surface area contributed by atoms with Crippen molar-refractivity contribution >= 4 is 5.82 Å². The minimum atomic E-state index is -0.365. The van der Waals surface area contributed by atoms with Crippen LogP contribution in [0.3, 0.4) is 0 Å². The van der Waals surface area contributed by atoms with Crippen molar-refractivity contribution in [1.82, 2.24) is 10.2 Å². The number of hydrogen-bond acceptors (Lipinski definition) is 2. The topological polar surface area (TPSA) is 54.7 Å². The van der Waals surface area contributed by atoms with E-state index in [4.69, 9.17) is 5.73 Å². The molecule has 0 bridgehead atoms. The first-order chi connectivity index (χ1) is 5.77. The maximum atomic E-state index is 13.0. The van der Waals surface area contributed by atoms with E-state index in [1.807, 2.05) is 0 Å². The van der Waals surface area contributed by atoms with E-state index in [2.05, 4.69) is 10.2 Å². The fourth-order valence-electron chi connectivity index (χ4n) is 1.30. The lowest BCUT2D eigenvalue weighted by Gasteiger charge is -1.94. The molecule has 2 rings (SSSR count). The molecule has 3 nitrogen and oxygen atoms in total. The van der Waals surface area contributed by atoms with E-state index < -0.39 is 0 Å². The van der Waals surface area contributed by atoms with Crippen LogP contribution in [0.25, 0.3) is 0 Å². The molecule has 4 heteroatoms. The Hall–Kier alpha value is -1.06. The maximum absolute atomic E-state index is 13.0. The predicted octanol–water partition coefficient (Wildman–Crippen LogP) is 1.47. The minimum absolute atomic E-state index is 0.0132. The van der Waals surface area contributed by atoms with Crippen LogP contribution in [-0.2, 0) is 6.42 Å². The van der Waals surface area contributed by atoms with Gasteiger partial charge in [-0.15, -0.1) is 0 Å². The van der Waals surface area contributed by atoms with Gasteiger partial charge in [-0.05, 0) is 18.8 Å². The summed E-state index contributed by atoms with van der Waals surface area (Å²) in [6, 6.07) is 0. The predicted molar refractivity (Wildman–Crippen MR) is 44.0 cm³/mol. The number of aryl methyl sites for hydroxylation is 1. The molecule has 12 heavy (non-hydrogen) atoms. The third-order valence-electron chi connectivity index (χ3n) is 2.30. The number of nitrogen functional groups attached to an aromatic ring is 1. The van der Waals surface area contributed by atoms with Crippen molar-refractivity contribution in [3.05, 3.63) is 11.5 Å². The van der Waals surface area contributed by atoms with E-state index in [-0.39, 0.29) is 11.6 Å². The van der Waals surface area contributed by atoms with Crippen LogP contribution < -0.4 is 5.73 Å². The van der Waals surface area contributed by atoms with Gasteiger partial charge in [0.05, 0.1) is 5.69 Å². The zero-order chi connectivity index (χ0) is 8.55. The third-order valence-corrected chi connectivity index (χ3v) is 2.30. The summed E-state index contributed by atoms with van der Waals surface area (Å²) in [5.74, 6) is 0.436. The SMILES string of the molecule is Nc1n[nH]c(CCC2CC2)c1F. The Kier molecular flexibility index (Phi) is 1.75. The van der Waals surface area contributed by atoms with Gasteiger partial charge in [-0.3, -0.25) is 5.10 Å². The van der Waals surface area contributed by atoms with Crippen molar-refractivity contribution < 1.29 is 4.39 Å². The van der Waals surface area contributed by atoms with E-state index >= 15 is 0 Å². The van der Waals surface area contributed by atoms with Crippen LogP contribution in [0.4, 0.5) is 10.2 Å². The quantitative estimate of drug-likeness (QED) is 0.720. The van der Waals surface area contributed by atoms with E-state index in [0.29, 0.717) is 5.69 Å². The van der Waals surface area contributed by atoms with Gasteiger partial charge in [-0.2, -0.15) is 5.10 Å². The minimum Gasteiger partial charge on any atom is -0.380 e. The van der Waals surface area contributed by atoms with E-state index in [1.54, 1.807) is 0 Å². The van der Waals surface area contributed by atoms with Crippen LogP contribution in [0.15, 0.2) is 0 Å². The summed E-state index contributed by atoms with van der Waals surface area (Å²) in [6.45, 7) is 0. The highest BCUT2D eigenvalue weighted by Gasteiger charge is 2.22. The molecule has 1 aliphatic rings. The highest BCUT2D eigenvalue weighted by atomic mass is 19.1. The van der Waals surface area contributed by atoms with Crippen LogP contribution in [0.2, 0.25) is 0 Å². The van der Waals surface area contributed by atoms with Gasteiger partial charge >= 0.3 is 0 Å². The fourth-order valence-corrected chi connectivity index (χ4v) is 1.30. The second-order valence-electron chi connectivity index (χ2n) is 3.38. The Bertz CT molecular complexity index is 278. The normalized spacial score (nSPS) is 16.8. The first kappa shape index (κ1) is 7.58. The summed E-state index contributed by atoms with van der Waals surface area (Å²) in [4.78, 5) is 0. The second-order valence-corrected chi connectivity index (χ2v) is 3.38. The van der Waals surface area contributed by atoms with Gasteiger partial charge in [0.15, 0.2) is 11.6 Å². The van der Waals surface area contributed by atoms with Gasteiger partial charge in [0.25, 0.3) is 0 Å². The fraction of sp³-hybridized carbons (Fsp3) is 0.625. The molecule has 0 unspecified atom stereocenters. The molecule has 1 heterocycles. The molecule has 0 aromatic carbocycles. The zero-order valence-electron chi connectivity index (χ0n) is 6.81. The van der Waals surface area contributed by atoms with Gasteiger partial charge in [-0.1, -0.05) is 12.8 Å². The molecule has 1 aromatic rings. The molecule has 0 spiro atoms. The van der Waals surface area contributed by atoms with E-state index in [1.165, 1.54) is 12.8 Å². The van der Waals surface area contributed by atoms with Gasteiger partial charge < -0.3 is 5.73 Å². The van der Waals surface area contributed by atoms with Gasteiger partial charge in [0, 0.05) is 0 Å². The Morgan fingerprint density at radius 2 is 2.33 bits per heavy atom. The summed E-state index contributed by atoms with van der Waals surface area (Å²) in [5.41, 5.74) is 5.80. The van der Waals surface area contributed by atoms with Gasteiger partial charge in [0.2, 0.25) is 0 Å². The number of aromatic amines is 1. The zero-order valence-corrected chi connectivity index (χ0v) is 6.81. The smallest absolute Gasteiger partial charge is 0.187 e. The largest absolute Gasteiger partial charge is 0.380 e. The Balaban J connectivity index is 1.96. The molecule has 66 valence electrons. The number of nitrogens with one attached hydrogen (secondary N) is 1. The van der Waals surface area contributed by atoms with Crippen molar-refractivity contribution in [2.24, 2.45) is 5.92 Å². The Morgan fingerprint density at radius 1 is 1.58 bits per heavy atom. The molecule has 1 aromatic heterocycles. The summed E-state index contributed by atoms with van der Waals surface area (Å²) < 4.78 is 13.0. The number of aromatic nitrogens is 2. The monoisotopic (exact) mass is 169 g/mol. The highest BCUT2D eigenvalue weighted by Crippen LogP contribution is 2.33. The number of hydrogen-bond donors (Lipinski definition) is 2. The lowest BCUT2D eigenvalue weighted by Crippen LogP contribution is -1.91. The molecule has 0 atom stereocenters. The first-order valence-electron chi connectivity index (χ1n) is 4.25. The molecule has 0 amide bonds. The Morgan fingerprint density at radius 3 is 2.83 bits per heavy atom. The molecule has 0 saturated heterocycles. The molecule has 1 aliphatic carbocycles. The molecular formula is C8H12FN3. The average molecular weight is 169 g/mol. The number of rotatable bonds is 3. The third kappa shape index (κ3) is 1.42. The number of anilines is 1. The second kappa shape index (κ2) is 2.77. The molecule has 3 N–H and O–H groups in total. The number of nitrogens with zero attached hydrogens (tertiary/aromatic N) is 1. The molecular weight excluding hydrogens is 157 g/mol. The first-order valence-corrected chi connectivity index (χ1v) is 4.25. The van der Waals surface area contributed by atoms with Crippen LogP contribution in [0.5, 0.6) is 0 Å². The van der Waals surface area contributed by atoms with Crippen molar-refractivity contribution in [2.75, 3.05) is 5.73 Å². The van der Waals surface area contributed by atoms with Gasteiger partial charge in [-0.25, -0.2) is 4.39 Å². The van der Waals surface area contributed by atoms with E-state index in [0.717, 1.165) is 18.8 Å². The van der Waals surface area contributed by atoms with Crippen LogP contribution >= 0.6 is 0 Å². The molecule has 1 saturated carbocycles. The standard InChI is InChI=1S/C8H12FN3/c9-7-6(11-12-8(7)10)4-3-5-1-2-5/h5H,1-4H2,(H3,10,11,12). The van der Waals surface area contributed by atoms with Crippen LogP contribution in [-0.4, -0.2) is 10.2 Å². The number of nitrogens with two attached hydrogens (primary N) is 1. The summed E-state index contributed by atoms with van der Waals surface area (Å²) in [5, 5.41) is 6.20. The van der Waals surface area contributed by atoms with E-state index in [9.17, 15) is 4.39 Å². The average Bonchev–Trinajstić information content (AvgIpc) is 2.82. The van der Waals surface area contributed by atoms with Crippen molar-refractivity contribution in [2.45, 2.75) is 25.7 Å². The number of halogens is 1. The van der Waals surface area contributed by atoms with Crippen molar-refractivity contribution in [3.8, 4) is 0 Å². The number of H-pyrrole nitrogens is 1. The van der Waals surface area contributed by atoms with Crippen LogP contribution in [0, 0.1) is 11.7 Å². The molecule has 1 fully saturated rings. The molecule has 0 aliphatic heterocycles. The van der Waals surface area contributed by atoms with Gasteiger partial charge in [0.1, 0.15) is 0 Å². The maximum Gasteiger partial charge on any atom is 0.187 e. The molecule has 0 radical (unpaired) electrons. The van der Waals surface area contributed by atoms with Crippen molar-refractivity contribution in [1.29, 1.82) is 0 Å². The lowest BCUT2D eigenvalue weighted by atomic mass is 10.2. The van der Waals surface area contributed by atoms with Crippen molar-refractivity contribution in [3.63, 3.8) is 0 Å². The highest BCUT2D eigenvalue weighted by molar-refractivity contribution is 5.31. The summed E-state index contributed by atoms with van der Waals surface area (Å²) in [7, 11) is 0.